The van der Waals surface area contributed by atoms with E-state index in [1.54, 1.807) is 6.07 Å². The van der Waals surface area contributed by atoms with Crippen molar-refractivity contribution in [3.63, 3.8) is 0 Å². The Bertz CT molecular complexity index is 681. The van der Waals surface area contributed by atoms with Gasteiger partial charge in [0.25, 0.3) is 5.91 Å². The molecule has 5 heteroatoms. The average molecular weight is 324 g/mol. The molecule has 24 heavy (non-hydrogen) atoms. The number of carbonyl (C=O) groups is 1. The van der Waals surface area contributed by atoms with Crippen LogP contribution in [0.5, 0.6) is 0 Å². The number of carbonyl (C=O) groups excluding carboxylic acids is 1. The van der Waals surface area contributed by atoms with Crippen molar-refractivity contribution in [2.75, 3.05) is 11.9 Å². The van der Waals surface area contributed by atoms with Crippen LogP contribution in [0.25, 0.3) is 11.4 Å². The molecule has 1 amide bonds. The van der Waals surface area contributed by atoms with E-state index in [2.05, 4.69) is 27.5 Å². The standard InChI is InChI=1S/C19H24N4O/c1-2-12-20-17-13-16(19(24)21-15-10-6-7-11-15)22-18(23-17)14-8-4-3-5-9-14/h3-5,8-9,13,15H,2,6-7,10-12H2,1H3,(H,21,24)(H,20,22,23). The fraction of sp³-hybridized carbons (Fsp3) is 0.421. The normalized spacial score (nSPS) is 14.5. The van der Waals surface area contributed by atoms with Crippen LogP contribution in [0.2, 0.25) is 0 Å². The summed E-state index contributed by atoms with van der Waals surface area (Å²) >= 11 is 0. The summed E-state index contributed by atoms with van der Waals surface area (Å²) in [6, 6.07) is 11.8. The number of amides is 1. The lowest BCUT2D eigenvalue weighted by atomic mass is 10.2. The van der Waals surface area contributed by atoms with E-state index in [9.17, 15) is 4.79 Å². The SMILES string of the molecule is CCCNc1cc(C(=O)NC2CCCC2)nc(-c2ccccc2)n1. The van der Waals surface area contributed by atoms with Gasteiger partial charge >= 0.3 is 0 Å². The summed E-state index contributed by atoms with van der Waals surface area (Å²) < 4.78 is 0. The van der Waals surface area contributed by atoms with E-state index in [1.807, 2.05) is 30.3 Å². The Hall–Kier alpha value is -2.43. The highest BCUT2D eigenvalue weighted by Gasteiger charge is 2.20. The summed E-state index contributed by atoms with van der Waals surface area (Å²) in [7, 11) is 0. The van der Waals surface area contributed by atoms with Gasteiger partial charge in [-0.25, -0.2) is 9.97 Å². The van der Waals surface area contributed by atoms with E-state index in [0.717, 1.165) is 31.4 Å². The van der Waals surface area contributed by atoms with Gasteiger partial charge in [0.15, 0.2) is 5.82 Å². The third-order valence-electron chi connectivity index (χ3n) is 4.24. The molecule has 0 unspecified atom stereocenters. The average Bonchev–Trinajstić information content (AvgIpc) is 3.13. The summed E-state index contributed by atoms with van der Waals surface area (Å²) in [6.07, 6.45) is 5.49. The first-order valence-electron chi connectivity index (χ1n) is 8.75. The highest BCUT2D eigenvalue weighted by Crippen LogP contribution is 2.20. The number of benzene rings is 1. The third kappa shape index (κ3) is 4.10. The van der Waals surface area contributed by atoms with Gasteiger partial charge in [-0.1, -0.05) is 50.1 Å². The molecule has 1 heterocycles. The minimum atomic E-state index is -0.110. The molecule has 0 spiro atoms. The molecule has 0 bridgehead atoms. The van der Waals surface area contributed by atoms with Crippen LogP contribution in [0.1, 0.15) is 49.5 Å². The van der Waals surface area contributed by atoms with Crippen LogP contribution < -0.4 is 10.6 Å². The van der Waals surface area contributed by atoms with Gasteiger partial charge in [-0.15, -0.1) is 0 Å². The summed E-state index contributed by atoms with van der Waals surface area (Å²) in [6.45, 7) is 2.91. The summed E-state index contributed by atoms with van der Waals surface area (Å²) in [5.74, 6) is 1.16. The molecule has 0 aliphatic heterocycles. The highest BCUT2D eigenvalue weighted by molar-refractivity contribution is 5.93. The molecule has 1 aliphatic rings. The first-order valence-corrected chi connectivity index (χ1v) is 8.75. The fourth-order valence-electron chi connectivity index (χ4n) is 2.95. The predicted octanol–water partition coefficient (Wildman–Crippen LogP) is 3.64. The van der Waals surface area contributed by atoms with E-state index < -0.39 is 0 Å². The molecule has 1 fully saturated rings. The van der Waals surface area contributed by atoms with Gasteiger partial charge < -0.3 is 10.6 Å². The van der Waals surface area contributed by atoms with Crippen LogP contribution in [-0.2, 0) is 0 Å². The summed E-state index contributed by atoms with van der Waals surface area (Å²) in [5.41, 5.74) is 1.34. The summed E-state index contributed by atoms with van der Waals surface area (Å²) in [5, 5.41) is 6.36. The molecule has 1 aromatic heterocycles. The van der Waals surface area contributed by atoms with Gasteiger partial charge in [-0.05, 0) is 19.3 Å². The highest BCUT2D eigenvalue weighted by atomic mass is 16.1. The Morgan fingerprint density at radius 1 is 1.17 bits per heavy atom. The van der Waals surface area contributed by atoms with Crippen LogP contribution in [-0.4, -0.2) is 28.5 Å². The molecule has 1 aromatic carbocycles. The number of nitrogens with one attached hydrogen (secondary N) is 2. The summed E-state index contributed by atoms with van der Waals surface area (Å²) in [4.78, 5) is 21.6. The zero-order chi connectivity index (χ0) is 16.8. The second-order valence-corrected chi connectivity index (χ2v) is 6.21. The van der Waals surface area contributed by atoms with Crippen molar-refractivity contribution in [2.24, 2.45) is 0 Å². The van der Waals surface area contributed by atoms with Crippen molar-refractivity contribution >= 4 is 11.7 Å². The van der Waals surface area contributed by atoms with Crippen molar-refractivity contribution in [1.82, 2.24) is 15.3 Å². The molecule has 1 saturated carbocycles. The van der Waals surface area contributed by atoms with Crippen molar-refractivity contribution < 1.29 is 4.79 Å². The largest absolute Gasteiger partial charge is 0.370 e. The van der Waals surface area contributed by atoms with Crippen LogP contribution in [0.3, 0.4) is 0 Å². The van der Waals surface area contributed by atoms with E-state index in [0.29, 0.717) is 17.3 Å². The molecule has 5 nitrogen and oxygen atoms in total. The van der Waals surface area contributed by atoms with Crippen molar-refractivity contribution in [1.29, 1.82) is 0 Å². The number of anilines is 1. The van der Waals surface area contributed by atoms with E-state index in [1.165, 1.54) is 12.8 Å². The number of nitrogens with zero attached hydrogens (tertiary/aromatic N) is 2. The van der Waals surface area contributed by atoms with Gasteiger partial charge in [-0.2, -0.15) is 0 Å². The molecule has 3 rings (SSSR count). The smallest absolute Gasteiger partial charge is 0.270 e. The zero-order valence-electron chi connectivity index (χ0n) is 14.1. The third-order valence-corrected chi connectivity index (χ3v) is 4.24. The minimum absolute atomic E-state index is 0.110. The Morgan fingerprint density at radius 2 is 1.92 bits per heavy atom. The monoisotopic (exact) mass is 324 g/mol. The van der Waals surface area contributed by atoms with Crippen LogP contribution in [0, 0.1) is 0 Å². The Labute approximate surface area is 142 Å². The maximum atomic E-state index is 12.6. The van der Waals surface area contributed by atoms with Crippen molar-refractivity contribution in [3.8, 4) is 11.4 Å². The van der Waals surface area contributed by atoms with Gasteiger partial charge in [-0.3, -0.25) is 4.79 Å². The lowest BCUT2D eigenvalue weighted by molar-refractivity contribution is 0.0933. The van der Waals surface area contributed by atoms with Gasteiger partial charge in [0.2, 0.25) is 0 Å². The molecule has 1 aliphatic carbocycles. The predicted molar refractivity (Wildman–Crippen MR) is 96.0 cm³/mol. The first kappa shape index (κ1) is 16.4. The van der Waals surface area contributed by atoms with E-state index in [-0.39, 0.29) is 11.9 Å². The van der Waals surface area contributed by atoms with Gasteiger partial charge in [0.05, 0.1) is 0 Å². The van der Waals surface area contributed by atoms with Crippen LogP contribution in [0.4, 0.5) is 5.82 Å². The topological polar surface area (TPSA) is 66.9 Å². The Balaban J connectivity index is 1.87. The molecular weight excluding hydrogens is 300 g/mol. The molecule has 2 aromatic rings. The lowest BCUT2D eigenvalue weighted by Gasteiger charge is -2.13. The van der Waals surface area contributed by atoms with Crippen LogP contribution >= 0.6 is 0 Å². The zero-order valence-corrected chi connectivity index (χ0v) is 14.1. The first-order chi connectivity index (χ1) is 11.8. The Kier molecular flexibility index (Phi) is 5.41. The second-order valence-electron chi connectivity index (χ2n) is 6.21. The molecule has 0 radical (unpaired) electrons. The molecule has 2 N–H and O–H groups in total. The van der Waals surface area contributed by atoms with Crippen molar-refractivity contribution in [2.45, 2.75) is 45.1 Å². The molecule has 0 atom stereocenters. The molecule has 126 valence electrons. The van der Waals surface area contributed by atoms with Gasteiger partial charge in [0, 0.05) is 24.2 Å². The van der Waals surface area contributed by atoms with Gasteiger partial charge in [0.1, 0.15) is 11.5 Å². The van der Waals surface area contributed by atoms with Crippen molar-refractivity contribution in [3.05, 3.63) is 42.1 Å². The number of hydrogen-bond acceptors (Lipinski definition) is 4. The maximum absolute atomic E-state index is 12.6. The minimum Gasteiger partial charge on any atom is -0.370 e. The second kappa shape index (κ2) is 7.90. The van der Waals surface area contributed by atoms with E-state index in [4.69, 9.17) is 0 Å². The maximum Gasteiger partial charge on any atom is 0.270 e. The lowest BCUT2D eigenvalue weighted by Crippen LogP contribution is -2.33. The molecular formula is C19H24N4O. The quantitative estimate of drug-likeness (QED) is 0.851. The van der Waals surface area contributed by atoms with E-state index >= 15 is 0 Å². The van der Waals surface area contributed by atoms with Crippen LogP contribution in [0.15, 0.2) is 36.4 Å². The molecule has 0 saturated heterocycles. The Morgan fingerprint density at radius 3 is 2.62 bits per heavy atom. The fourth-order valence-corrected chi connectivity index (χ4v) is 2.95. The number of rotatable bonds is 6. The number of aromatic nitrogens is 2. The number of hydrogen-bond donors (Lipinski definition) is 2.